The molecule has 0 spiro atoms. The first-order chi connectivity index (χ1) is 40.6. The van der Waals surface area contributed by atoms with Crippen LogP contribution >= 0.6 is 22.9 Å². The van der Waals surface area contributed by atoms with Crippen molar-refractivity contribution in [1.82, 2.24) is 45.2 Å². The van der Waals surface area contributed by atoms with Crippen LogP contribution in [-0.4, -0.2) is 177 Å². The fraction of sp³-hybridized carbons (Fsp3) is 0.484. The number of carbonyl (C=O) groups is 4. The van der Waals surface area contributed by atoms with Crippen molar-refractivity contribution >= 4 is 74.1 Å². The Balaban J connectivity index is 0.692. The van der Waals surface area contributed by atoms with Gasteiger partial charge in [0.1, 0.15) is 41.9 Å². The number of phenolic OH excluding ortho intramolecular Hbond substituents is 1. The van der Waals surface area contributed by atoms with Gasteiger partial charge in [-0.15, -0.1) is 11.3 Å². The number of nitrogens with one attached hydrogen (secondary N) is 2. The number of phenols is 1. The largest absolute Gasteiger partial charge is 0.508 e. The first-order valence-corrected chi connectivity index (χ1v) is 30.8. The summed E-state index contributed by atoms with van der Waals surface area (Å²) in [5, 5.41) is 29.4. The molecular formula is C64H78ClFN10O8S. The fourth-order valence-electron chi connectivity index (χ4n) is 12.4. The number of likely N-dealkylation sites (tertiary alicyclic amines) is 2. The number of piperidine rings is 1. The number of piperazine rings is 1. The van der Waals surface area contributed by atoms with Gasteiger partial charge in [0.2, 0.25) is 23.6 Å². The number of amides is 4. The number of benzene rings is 4. The summed E-state index contributed by atoms with van der Waals surface area (Å²) >= 11 is 8.53. The van der Waals surface area contributed by atoms with Gasteiger partial charge < -0.3 is 49.9 Å². The van der Waals surface area contributed by atoms with E-state index in [2.05, 4.69) is 39.0 Å². The quantitative estimate of drug-likeness (QED) is 0.0561. The molecule has 6 aromatic rings. The van der Waals surface area contributed by atoms with Crippen LogP contribution in [0.4, 0.5) is 10.2 Å². The number of thiazole rings is 1. The monoisotopic (exact) mass is 1200 g/mol. The third-order valence-corrected chi connectivity index (χ3v) is 18.6. The van der Waals surface area contributed by atoms with E-state index in [9.17, 15) is 29.4 Å². The number of aryl methyl sites for hydroxylation is 1. The summed E-state index contributed by atoms with van der Waals surface area (Å²) < 4.78 is 29.8. The van der Waals surface area contributed by atoms with Gasteiger partial charge in [0, 0.05) is 69.2 Å². The molecule has 4 aliphatic rings. The highest BCUT2D eigenvalue weighted by Crippen LogP contribution is 2.43. The van der Waals surface area contributed by atoms with Gasteiger partial charge in [0.25, 0.3) is 0 Å². The second kappa shape index (κ2) is 26.0. The lowest BCUT2D eigenvalue weighted by molar-refractivity contribution is -0.145. The number of aromatic nitrogens is 3. The third-order valence-electron chi connectivity index (χ3n) is 17.3. The van der Waals surface area contributed by atoms with E-state index in [1.54, 1.807) is 28.4 Å². The number of hydrogen-bond donors (Lipinski definition) is 4. The van der Waals surface area contributed by atoms with Crippen molar-refractivity contribution < 1.29 is 43.3 Å². The number of anilines is 1. The minimum atomic E-state index is -0.963. The van der Waals surface area contributed by atoms with Gasteiger partial charge in [-0.3, -0.25) is 24.1 Å². The number of rotatable bonds is 19. The van der Waals surface area contributed by atoms with Gasteiger partial charge >= 0.3 is 6.01 Å². The molecule has 4 N–H and O–H groups in total. The zero-order chi connectivity index (χ0) is 60.4. The number of aliphatic hydroxyl groups is 1. The molecule has 18 nitrogen and oxygen atoms in total. The summed E-state index contributed by atoms with van der Waals surface area (Å²) in [5.74, 6) is -1.12. The maximum absolute atomic E-state index is 17.2. The lowest BCUT2D eigenvalue weighted by atomic mass is 9.85. The Kier molecular flexibility index (Phi) is 18.8. The summed E-state index contributed by atoms with van der Waals surface area (Å²) in [6.45, 7) is 19.8. The lowest BCUT2D eigenvalue weighted by Crippen LogP contribution is -2.58. The standard InChI is InChI=1S/C64H78ClFN10O8S/c1-9-54(80)74-22-24-75(25-23-74)60-50-31-51(65)55(49-29-45(77)26-43-12-10-11-13-48(43)49)56(66)57(50)70-63(71-60)84-37(2)32-73-20-18-40(19-21-73)33-72(8)44-27-47(28-44)83-35-53(79)69-59(64(5,6)7)62(82)76-34-46(78)30-52(76)61(81)68-38(3)41-14-16-42(17-15-41)58-39(4)67-36-85-58/h9-17,26,29,31,36-38,40,44,46-47,52,59,77-78H,1,18-25,27-28,30,32-35H2,2-8H3,(H,68,81)(H,69,79)/t37-,38+,44?,46-,47?,52+,59-/m1/s1. The Morgan fingerprint density at radius 2 is 1.67 bits per heavy atom. The molecule has 1 aliphatic carbocycles. The highest BCUT2D eigenvalue weighted by molar-refractivity contribution is 7.13. The molecule has 3 saturated heterocycles. The third kappa shape index (κ3) is 13.9. The Bertz CT molecular complexity index is 3430. The molecule has 21 heteroatoms. The van der Waals surface area contributed by atoms with Crippen LogP contribution in [0.2, 0.25) is 5.02 Å². The molecule has 10 rings (SSSR count). The second-order valence-electron chi connectivity index (χ2n) is 24.6. The highest BCUT2D eigenvalue weighted by atomic mass is 35.5. The number of β-amino-alcohol motifs (C(OH)–C–C–N with tert-alkyl or cyclic N) is 1. The first kappa shape index (κ1) is 61.3. The maximum Gasteiger partial charge on any atom is 0.319 e. The van der Waals surface area contributed by atoms with Crippen molar-refractivity contribution in [3.8, 4) is 33.3 Å². The molecule has 0 bridgehead atoms. The van der Waals surface area contributed by atoms with Gasteiger partial charge in [-0.25, -0.2) is 9.37 Å². The Labute approximate surface area is 505 Å². The number of aliphatic hydroxyl groups excluding tert-OH is 1. The molecule has 5 heterocycles. The van der Waals surface area contributed by atoms with E-state index in [-0.39, 0.29) is 77.5 Å². The molecule has 452 valence electrons. The van der Waals surface area contributed by atoms with E-state index in [1.807, 2.05) is 100 Å². The second-order valence-corrected chi connectivity index (χ2v) is 25.8. The van der Waals surface area contributed by atoms with Crippen LogP contribution in [0, 0.1) is 24.1 Å². The topological polar surface area (TPSA) is 206 Å². The molecule has 1 saturated carbocycles. The van der Waals surface area contributed by atoms with E-state index in [4.69, 9.17) is 31.0 Å². The highest BCUT2D eigenvalue weighted by Gasteiger charge is 2.45. The fourth-order valence-corrected chi connectivity index (χ4v) is 13.5. The maximum atomic E-state index is 17.2. The number of ether oxygens (including phenoxy) is 2. The van der Waals surface area contributed by atoms with Gasteiger partial charge in [-0.1, -0.05) is 87.5 Å². The van der Waals surface area contributed by atoms with Gasteiger partial charge in [0.15, 0.2) is 5.82 Å². The van der Waals surface area contributed by atoms with E-state index >= 15 is 4.39 Å². The van der Waals surface area contributed by atoms with Crippen LogP contribution in [0.5, 0.6) is 11.8 Å². The smallest absolute Gasteiger partial charge is 0.319 e. The average Bonchev–Trinajstić information content (AvgIpc) is 1.57. The van der Waals surface area contributed by atoms with Crippen LogP contribution in [0.25, 0.3) is 43.2 Å². The normalized spacial score (nSPS) is 20.8. The Morgan fingerprint density at radius 1 is 0.953 bits per heavy atom. The van der Waals surface area contributed by atoms with Crippen molar-refractivity contribution in [3.63, 3.8) is 0 Å². The molecule has 0 unspecified atom stereocenters. The minimum absolute atomic E-state index is 0.0184. The van der Waals surface area contributed by atoms with Gasteiger partial charge in [0.05, 0.1) is 39.4 Å². The molecule has 4 aromatic carbocycles. The lowest BCUT2D eigenvalue weighted by Gasteiger charge is -2.43. The van der Waals surface area contributed by atoms with E-state index in [1.165, 1.54) is 17.0 Å². The predicted octanol–water partition coefficient (Wildman–Crippen LogP) is 8.54. The Morgan fingerprint density at radius 3 is 2.35 bits per heavy atom. The molecule has 4 amide bonds. The minimum Gasteiger partial charge on any atom is -0.508 e. The molecule has 2 aromatic heterocycles. The molecular weight excluding hydrogens is 1120 g/mol. The van der Waals surface area contributed by atoms with Crippen molar-refractivity contribution in [2.45, 2.75) is 116 Å². The number of carbonyl (C=O) groups excluding carboxylic acids is 4. The summed E-state index contributed by atoms with van der Waals surface area (Å²) in [4.78, 5) is 79.0. The molecule has 3 aliphatic heterocycles. The van der Waals surface area contributed by atoms with Crippen molar-refractivity contribution in [3.05, 3.63) is 107 Å². The number of aromatic hydroxyl groups is 1. The molecule has 5 atom stereocenters. The van der Waals surface area contributed by atoms with E-state index < -0.39 is 41.2 Å². The molecule has 85 heavy (non-hydrogen) atoms. The summed E-state index contributed by atoms with van der Waals surface area (Å²) in [6, 6.07) is 18.3. The van der Waals surface area contributed by atoms with Crippen molar-refractivity contribution in [2.75, 3.05) is 77.5 Å². The van der Waals surface area contributed by atoms with E-state index in [0.717, 1.165) is 77.8 Å². The van der Waals surface area contributed by atoms with Crippen LogP contribution in [-0.2, 0) is 23.9 Å². The SMILES string of the molecule is C=CC(=O)N1CCN(c2nc(O[C@H](C)CN3CCC(CN(C)C4CC(OCC(=O)N[C@H](C(=O)N5C[C@H](O)C[C@H]5C(=O)N[C@@H](C)c5ccc(-c6scnc6C)cc5)C(C)(C)C)C4)CC3)nc3c(F)c(-c4cc(O)cc5ccccc45)c(Cl)cc23)CC1. The summed E-state index contributed by atoms with van der Waals surface area (Å²) in [5.41, 5.74) is 4.59. The van der Waals surface area contributed by atoms with Crippen LogP contribution < -0.4 is 20.3 Å². The van der Waals surface area contributed by atoms with Crippen LogP contribution in [0.1, 0.15) is 84.0 Å². The molecule has 4 fully saturated rings. The summed E-state index contributed by atoms with van der Waals surface area (Å²) in [6.07, 6.45) is 3.62. The Hall–Kier alpha value is -6.81. The summed E-state index contributed by atoms with van der Waals surface area (Å²) in [7, 11) is 2.14. The number of halogens is 2. The molecule has 0 radical (unpaired) electrons. The van der Waals surface area contributed by atoms with Gasteiger partial charge in [-0.05, 0) is 130 Å². The average molecular weight is 1200 g/mol. The zero-order valence-electron chi connectivity index (χ0n) is 49.5. The number of fused-ring (bicyclic) bond motifs is 2. The van der Waals surface area contributed by atoms with Crippen molar-refractivity contribution in [1.29, 1.82) is 0 Å². The van der Waals surface area contributed by atoms with Crippen LogP contribution in [0.15, 0.2) is 84.9 Å². The van der Waals surface area contributed by atoms with Gasteiger partial charge in [-0.2, -0.15) is 9.97 Å². The van der Waals surface area contributed by atoms with E-state index in [0.29, 0.717) is 61.5 Å². The predicted molar refractivity (Wildman–Crippen MR) is 329 cm³/mol. The number of hydrogen-bond acceptors (Lipinski definition) is 15. The zero-order valence-corrected chi connectivity index (χ0v) is 51.1. The van der Waals surface area contributed by atoms with Crippen molar-refractivity contribution in [2.24, 2.45) is 11.3 Å². The number of nitrogens with zero attached hydrogens (tertiary/aromatic N) is 8. The first-order valence-electron chi connectivity index (χ1n) is 29.5. The van der Waals surface area contributed by atoms with Crippen LogP contribution in [0.3, 0.4) is 0 Å².